The Hall–Kier alpha value is -3.86. The highest BCUT2D eigenvalue weighted by molar-refractivity contribution is 6.42. The molecular formula is C26H20Cl2N2O5. The van der Waals surface area contributed by atoms with E-state index in [1.165, 1.54) is 13.2 Å². The minimum Gasteiger partial charge on any atom is -0.493 e. The molecule has 1 aliphatic rings. The minimum atomic E-state index is -0.496. The van der Waals surface area contributed by atoms with Gasteiger partial charge in [0.05, 0.1) is 17.2 Å². The molecule has 0 saturated carbocycles. The third kappa shape index (κ3) is 5.99. The summed E-state index contributed by atoms with van der Waals surface area (Å²) in [4.78, 5) is 12.6. The Morgan fingerprint density at radius 1 is 1.03 bits per heavy atom. The summed E-state index contributed by atoms with van der Waals surface area (Å²) in [5.41, 5.74) is 2.23. The number of halogens is 2. The summed E-state index contributed by atoms with van der Waals surface area (Å²) in [6, 6.07) is 17.7. The van der Waals surface area contributed by atoms with Crippen LogP contribution in [-0.2, 0) is 17.9 Å². The van der Waals surface area contributed by atoms with Crippen LogP contribution in [-0.4, -0.2) is 19.8 Å². The first kappa shape index (κ1) is 24.3. The molecule has 1 amide bonds. The lowest BCUT2D eigenvalue weighted by atomic mass is 10.1. The molecule has 0 fully saturated rings. The number of nitriles is 1. The molecule has 1 N–H and O–H groups in total. The average Bonchev–Trinajstić information content (AvgIpc) is 3.34. The number of benzene rings is 3. The van der Waals surface area contributed by atoms with E-state index in [0.29, 0.717) is 38.6 Å². The van der Waals surface area contributed by atoms with E-state index < -0.39 is 5.91 Å². The molecule has 3 aromatic carbocycles. The molecule has 0 radical (unpaired) electrons. The molecule has 0 atom stereocenters. The number of nitrogens with one attached hydrogen (secondary N) is 1. The SMILES string of the molecule is COc1cc(/C=C(\C#N)C(=O)NCc2ccc3c(c2)OCO3)ccc1OCc1ccc(Cl)c(Cl)c1. The fourth-order valence-corrected chi connectivity index (χ4v) is 3.65. The van der Waals surface area contributed by atoms with E-state index in [1.54, 1.807) is 42.5 Å². The fraction of sp³-hybridized carbons (Fsp3) is 0.154. The second-order valence-corrected chi connectivity index (χ2v) is 8.30. The number of carbonyl (C=O) groups is 1. The smallest absolute Gasteiger partial charge is 0.262 e. The van der Waals surface area contributed by atoms with Crippen molar-refractivity contribution in [3.8, 4) is 29.1 Å². The molecule has 0 aliphatic carbocycles. The number of nitrogens with zero attached hydrogens (tertiary/aromatic N) is 1. The van der Waals surface area contributed by atoms with Gasteiger partial charge in [-0.25, -0.2) is 0 Å². The van der Waals surface area contributed by atoms with Crippen LogP contribution >= 0.6 is 23.2 Å². The van der Waals surface area contributed by atoms with Crippen molar-refractivity contribution in [1.82, 2.24) is 5.32 Å². The Labute approximate surface area is 212 Å². The zero-order valence-electron chi connectivity index (χ0n) is 18.6. The van der Waals surface area contributed by atoms with Crippen molar-refractivity contribution in [2.24, 2.45) is 0 Å². The Morgan fingerprint density at radius 3 is 2.60 bits per heavy atom. The molecule has 0 spiro atoms. The lowest BCUT2D eigenvalue weighted by Gasteiger charge is -2.12. The highest BCUT2D eigenvalue weighted by atomic mass is 35.5. The summed E-state index contributed by atoms with van der Waals surface area (Å²) in [7, 11) is 1.51. The zero-order valence-corrected chi connectivity index (χ0v) is 20.2. The van der Waals surface area contributed by atoms with Gasteiger partial charge in [0.15, 0.2) is 23.0 Å². The Morgan fingerprint density at radius 2 is 1.83 bits per heavy atom. The molecule has 9 heteroatoms. The molecule has 0 saturated heterocycles. The lowest BCUT2D eigenvalue weighted by Crippen LogP contribution is -2.23. The van der Waals surface area contributed by atoms with Crippen LogP contribution < -0.4 is 24.3 Å². The first-order chi connectivity index (χ1) is 17.0. The summed E-state index contributed by atoms with van der Waals surface area (Å²) in [6.45, 7) is 0.669. The highest BCUT2D eigenvalue weighted by Crippen LogP contribution is 2.33. The van der Waals surface area contributed by atoms with Crippen LogP contribution in [0.1, 0.15) is 16.7 Å². The molecular weight excluding hydrogens is 491 g/mol. The number of carbonyl (C=O) groups excluding carboxylic acids is 1. The first-order valence-corrected chi connectivity index (χ1v) is 11.3. The highest BCUT2D eigenvalue weighted by Gasteiger charge is 2.15. The number of methoxy groups -OCH3 is 1. The van der Waals surface area contributed by atoms with E-state index in [2.05, 4.69) is 5.32 Å². The topological polar surface area (TPSA) is 89.8 Å². The summed E-state index contributed by atoms with van der Waals surface area (Å²) >= 11 is 12.0. The van der Waals surface area contributed by atoms with Gasteiger partial charge in [-0.15, -0.1) is 0 Å². The molecule has 3 aromatic rings. The molecule has 1 heterocycles. The summed E-state index contributed by atoms with van der Waals surface area (Å²) in [5.74, 6) is 1.75. The number of ether oxygens (including phenoxy) is 4. The van der Waals surface area contributed by atoms with Crippen molar-refractivity contribution < 1.29 is 23.7 Å². The van der Waals surface area contributed by atoms with E-state index in [0.717, 1.165) is 11.1 Å². The number of hydrogen-bond donors (Lipinski definition) is 1. The second-order valence-electron chi connectivity index (χ2n) is 7.49. The summed E-state index contributed by atoms with van der Waals surface area (Å²) in [6.07, 6.45) is 1.49. The zero-order chi connectivity index (χ0) is 24.8. The van der Waals surface area contributed by atoms with Gasteiger partial charge in [-0.3, -0.25) is 4.79 Å². The number of hydrogen-bond acceptors (Lipinski definition) is 6. The average molecular weight is 511 g/mol. The van der Waals surface area contributed by atoms with Gasteiger partial charge in [-0.2, -0.15) is 5.26 Å². The number of amides is 1. The van der Waals surface area contributed by atoms with E-state index in [1.807, 2.05) is 18.2 Å². The van der Waals surface area contributed by atoms with E-state index in [-0.39, 0.29) is 25.5 Å². The normalized spacial score (nSPS) is 12.1. The van der Waals surface area contributed by atoms with Crippen molar-refractivity contribution in [3.05, 3.63) is 86.9 Å². The van der Waals surface area contributed by atoms with Crippen LogP contribution in [0, 0.1) is 11.3 Å². The maximum Gasteiger partial charge on any atom is 0.262 e. The quantitative estimate of drug-likeness (QED) is 0.316. The fourth-order valence-electron chi connectivity index (χ4n) is 3.33. The van der Waals surface area contributed by atoms with Gasteiger partial charge in [-0.05, 0) is 59.2 Å². The maximum atomic E-state index is 12.6. The standard InChI is InChI=1S/C26H20Cl2N2O5/c1-32-24-10-16(3-6-22(24)33-14-18-2-5-20(27)21(28)9-18)8-19(12-29)26(31)30-13-17-4-7-23-25(11-17)35-15-34-23/h2-11H,13-15H2,1H3,(H,30,31)/b19-8+. The van der Waals surface area contributed by atoms with Crippen molar-refractivity contribution in [2.45, 2.75) is 13.2 Å². The van der Waals surface area contributed by atoms with Crippen molar-refractivity contribution in [1.29, 1.82) is 5.26 Å². The molecule has 7 nitrogen and oxygen atoms in total. The molecule has 0 aromatic heterocycles. The molecule has 178 valence electrons. The van der Waals surface area contributed by atoms with Crippen LogP contribution in [0.5, 0.6) is 23.0 Å². The van der Waals surface area contributed by atoms with Gasteiger partial charge in [-0.1, -0.05) is 41.4 Å². The molecule has 35 heavy (non-hydrogen) atoms. The van der Waals surface area contributed by atoms with Crippen LogP contribution in [0.2, 0.25) is 10.0 Å². The predicted molar refractivity (Wildman–Crippen MR) is 132 cm³/mol. The van der Waals surface area contributed by atoms with Gasteiger partial charge in [0.1, 0.15) is 18.2 Å². The van der Waals surface area contributed by atoms with E-state index >= 15 is 0 Å². The van der Waals surface area contributed by atoms with Gasteiger partial charge in [0, 0.05) is 6.54 Å². The lowest BCUT2D eigenvalue weighted by molar-refractivity contribution is -0.117. The Kier molecular flexibility index (Phi) is 7.66. The molecule has 0 bridgehead atoms. The van der Waals surface area contributed by atoms with Crippen LogP contribution in [0.25, 0.3) is 6.08 Å². The van der Waals surface area contributed by atoms with E-state index in [4.69, 9.17) is 42.1 Å². The van der Waals surface area contributed by atoms with Crippen molar-refractivity contribution >= 4 is 35.2 Å². The molecule has 0 unspecified atom stereocenters. The van der Waals surface area contributed by atoms with Crippen LogP contribution in [0.4, 0.5) is 0 Å². The predicted octanol–water partition coefficient (Wildman–Crippen LogP) is 5.53. The van der Waals surface area contributed by atoms with Crippen molar-refractivity contribution in [3.63, 3.8) is 0 Å². The van der Waals surface area contributed by atoms with Crippen LogP contribution in [0.3, 0.4) is 0 Å². The third-order valence-corrected chi connectivity index (χ3v) is 5.87. The summed E-state index contributed by atoms with van der Waals surface area (Å²) < 4.78 is 21.9. The third-order valence-electron chi connectivity index (χ3n) is 5.13. The van der Waals surface area contributed by atoms with Crippen LogP contribution in [0.15, 0.2) is 60.2 Å². The Balaban J connectivity index is 1.42. The second kappa shape index (κ2) is 11.0. The Bertz CT molecular complexity index is 1330. The maximum absolute atomic E-state index is 12.6. The number of rotatable bonds is 8. The monoisotopic (exact) mass is 510 g/mol. The first-order valence-electron chi connectivity index (χ1n) is 10.5. The van der Waals surface area contributed by atoms with Crippen molar-refractivity contribution in [2.75, 3.05) is 13.9 Å². The largest absolute Gasteiger partial charge is 0.493 e. The van der Waals surface area contributed by atoms with E-state index in [9.17, 15) is 10.1 Å². The molecule has 1 aliphatic heterocycles. The van der Waals surface area contributed by atoms with Gasteiger partial charge < -0.3 is 24.3 Å². The van der Waals surface area contributed by atoms with Gasteiger partial charge in [0.25, 0.3) is 5.91 Å². The minimum absolute atomic E-state index is 0.0442. The number of fused-ring (bicyclic) bond motifs is 1. The van der Waals surface area contributed by atoms with Gasteiger partial charge >= 0.3 is 0 Å². The summed E-state index contributed by atoms with van der Waals surface area (Å²) in [5, 5.41) is 13.2. The molecule has 4 rings (SSSR count). The van der Waals surface area contributed by atoms with Gasteiger partial charge in [0.2, 0.25) is 6.79 Å².